The molecule has 2 heterocycles. The first-order valence-corrected chi connectivity index (χ1v) is 10.0. The summed E-state index contributed by atoms with van der Waals surface area (Å²) in [7, 11) is 1.87. The number of rotatable bonds is 5. The lowest BCUT2D eigenvalue weighted by molar-refractivity contribution is -0.113. The van der Waals surface area contributed by atoms with Crippen molar-refractivity contribution in [2.75, 3.05) is 31.7 Å². The third-order valence-corrected chi connectivity index (χ3v) is 5.04. The van der Waals surface area contributed by atoms with E-state index in [0.29, 0.717) is 6.67 Å². The van der Waals surface area contributed by atoms with Gasteiger partial charge in [-0.2, -0.15) is 0 Å². The molecule has 0 aromatic heterocycles. The maximum absolute atomic E-state index is 13.2. The lowest BCUT2D eigenvalue weighted by atomic mass is 10.0. The van der Waals surface area contributed by atoms with E-state index in [1.54, 1.807) is 6.08 Å². The summed E-state index contributed by atoms with van der Waals surface area (Å²) in [4.78, 5) is 17.5. The summed E-state index contributed by atoms with van der Waals surface area (Å²) in [6, 6.07) is 8.07. The van der Waals surface area contributed by atoms with Gasteiger partial charge in [0.2, 0.25) is 0 Å². The fourth-order valence-corrected chi connectivity index (χ4v) is 3.52. The second-order valence-electron chi connectivity index (χ2n) is 6.68. The summed E-state index contributed by atoms with van der Waals surface area (Å²) in [5.74, 6) is 0.0800. The number of anilines is 1. The van der Waals surface area contributed by atoms with E-state index in [2.05, 4.69) is 16.8 Å². The minimum atomic E-state index is 0.0800. The molecular weight excluding hydrogens is 334 g/mol. The molecule has 1 fully saturated rings. The SMILES string of the molecule is C=C/C(C)=C(/C=C1\C(=O)N(CN2CCCCC2)c2ccccc21)NC.CC. The molecule has 1 aromatic carbocycles. The van der Waals surface area contributed by atoms with Crippen molar-refractivity contribution in [3.05, 3.63) is 59.8 Å². The van der Waals surface area contributed by atoms with Crippen LogP contribution in [0.5, 0.6) is 0 Å². The molecule has 2 aliphatic rings. The first-order valence-electron chi connectivity index (χ1n) is 10.0. The molecule has 0 unspecified atom stereocenters. The van der Waals surface area contributed by atoms with E-state index in [0.717, 1.165) is 41.2 Å². The molecule has 4 nitrogen and oxygen atoms in total. The molecule has 27 heavy (non-hydrogen) atoms. The second kappa shape index (κ2) is 10.1. The molecule has 1 amide bonds. The highest BCUT2D eigenvalue weighted by Gasteiger charge is 2.33. The number of amides is 1. The number of hydrogen-bond donors (Lipinski definition) is 1. The minimum Gasteiger partial charge on any atom is -0.388 e. The van der Waals surface area contributed by atoms with Crippen molar-refractivity contribution in [2.24, 2.45) is 0 Å². The average molecular weight is 368 g/mol. The Morgan fingerprint density at radius 1 is 1.19 bits per heavy atom. The van der Waals surface area contributed by atoms with Crippen molar-refractivity contribution in [2.45, 2.75) is 40.0 Å². The maximum atomic E-state index is 13.2. The van der Waals surface area contributed by atoms with Crippen LogP contribution >= 0.6 is 0 Å². The Kier molecular flexibility index (Phi) is 7.86. The van der Waals surface area contributed by atoms with Gasteiger partial charge >= 0.3 is 0 Å². The van der Waals surface area contributed by atoms with Crippen molar-refractivity contribution < 1.29 is 4.79 Å². The summed E-state index contributed by atoms with van der Waals surface area (Å²) in [6.07, 6.45) is 7.49. The zero-order valence-electron chi connectivity index (χ0n) is 17.2. The minimum absolute atomic E-state index is 0.0800. The van der Waals surface area contributed by atoms with Crippen molar-refractivity contribution in [1.29, 1.82) is 0 Å². The number of carbonyl (C=O) groups excluding carboxylic acids is 1. The number of likely N-dealkylation sites (N-methyl/N-ethyl adjacent to an activating group) is 1. The molecule has 2 aliphatic heterocycles. The summed E-state index contributed by atoms with van der Waals surface area (Å²) < 4.78 is 0. The Labute approximate surface area is 164 Å². The Balaban J connectivity index is 0.00000126. The van der Waals surface area contributed by atoms with E-state index < -0.39 is 0 Å². The van der Waals surface area contributed by atoms with Crippen LogP contribution in [0.1, 0.15) is 45.6 Å². The van der Waals surface area contributed by atoms with Crippen molar-refractivity contribution in [3.8, 4) is 0 Å². The van der Waals surface area contributed by atoms with Crippen LogP contribution in [-0.2, 0) is 4.79 Å². The van der Waals surface area contributed by atoms with Gasteiger partial charge in [0.25, 0.3) is 5.91 Å². The molecule has 0 saturated carbocycles. The van der Waals surface area contributed by atoms with Crippen LogP contribution in [-0.4, -0.2) is 37.6 Å². The standard InChI is InChI=1S/C21H27N3O.C2H6/c1-4-16(2)19(22-3)14-18-17-10-6-7-11-20(17)24(21(18)25)15-23-12-8-5-9-13-23;1-2/h4,6-7,10-11,14,22H,1,5,8-9,12-13,15H2,2-3H3;1-2H3/b18-14-,19-16-;. The normalized spacial score (nSPS) is 19.2. The van der Waals surface area contributed by atoms with Crippen LogP contribution in [0, 0.1) is 0 Å². The maximum Gasteiger partial charge on any atom is 0.260 e. The Bertz CT molecular complexity index is 727. The molecule has 0 atom stereocenters. The first kappa shape index (κ1) is 21.0. The van der Waals surface area contributed by atoms with Crippen LogP contribution in [0.25, 0.3) is 5.57 Å². The Hall–Kier alpha value is -2.33. The molecule has 0 radical (unpaired) electrons. The number of benzene rings is 1. The quantitative estimate of drug-likeness (QED) is 0.612. The fourth-order valence-electron chi connectivity index (χ4n) is 3.52. The van der Waals surface area contributed by atoms with Crippen LogP contribution in [0.3, 0.4) is 0 Å². The van der Waals surface area contributed by atoms with Gasteiger partial charge < -0.3 is 5.32 Å². The number of hydrogen-bond acceptors (Lipinski definition) is 3. The highest BCUT2D eigenvalue weighted by atomic mass is 16.2. The molecular formula is C23H33N3O. The molecule has 1 N–H and O–H groups in total. The largest absolute Gasteiger partial charge is 0.388 e. The highest BCUT2D eigenvalue weighted by Crippen LogP contribution is 2.37. The third kappa shape index (κ3) is 4.69. The van der Waals surface area contributed by atoms with Gasteiger partial charge in [-0.05, 0) is 50.6 Å². The first-order chi connectivity index (χ1) is 13.2. The molecule has 0 spiro atoms. The molecule has 1 saturated heterocycles. The predicted octanol–water partition coefficient (Wildman–Crippen LogP) is 4.57. The van der Waals surface area contributed by atoms with Crippen LogP contribution in [0.15, 0.2) is 54.3 Å². The number of carbonyl (C=O) groups is 1. The van der Waals surface area contributed by atoms with Crippen molar-refractivity contribution in [3.63, 3.8) is 0 Å². The predicted molar refractivity (Wildman–Crippen MR) is 116 cm³/mol. The Morgan fingerprint density at radius 3 is 2.48 bits per heavy atom. The number of para-hydroxylation sites is 1. The monoisotopic (exact) mass is 367 g/mol. The van der Waals surface area contributed by atoms with E-state index >= 15 is 0 Å². The smallest absolute Gasteiger partial charge is 0.260 e. The molecule has 0 aliphatic carbocycles. The van der Waals surface area contributed by atoms with E-state index in [4.69, 9.17) is 0 Å². The summed E-state index contributed by atoms with van der Waals surface area (Å²) in [5, 5.41) is 3.18. The van der Waals surface area contributed by atoms with E-state index in [1.165, 1.54) is 19.3 Å². The lowest BCUT2D eigenvalue weighted by Gasteiger charge is -2.30. The number of nitrogens with zero attached hydrogens (tertiary/aromatic N) is 2. The number of allylic oxidation sites excluding steroid dienone is 3. The third-order valence-electron chi connectivity index (χ3n) is 5.04. The topological polar surface area (TPSA) is 35.6 Å². The van der Waals surface area contributed by atoms with E-state index in [9.17, 15) is 4.79 Å². The lowest BCUT2D eigenvalue weighted by Crippen LogP contribution is -2.42. The van der Waals surface area contributed by atoms with Gasteiger partial charge in [-0.25, -0.2) is 0 Å². The summed E-state index contributed by atoms with van der Waals surface area (Å²) in [6.45, 7) is 12.6. The Morgan fingerprint density at radius 2 is 1.85 bits per heavy atom. The number of likely N-dealkylation sites (tertiary alicyclic amines) is 1. The van der Waals surface area contributed by atoms with Gasteiger partial charge in [0.1, 0.15) is 0 Å². The van der Waals surface area contributed by atoms with Gasteiger partial charge in [-0.15, -0.1) is 0 Å². The zero-order valence-corrected chi connectivity index (χ0v) is 17.2. The van der Waals surface area contributed by atoms with Crippen LogP contribution < -0.4 is 10.2 Å². The summed E-state index contributed by atoms with van der Waals surface area (Å²) >= 11 is 0. The van der Waals surface area contributed by atoms with Gasteiger partial charge in [0, 0.05) is 18.3 Å². The van der Waals surface area contributed by atoms with Crippen LogP contribution in [0.4, 0.5) is 5.69 Å². The van der Waals surface area contributed by atoms with Gasteiger partial charge in [-0.3, -0.25) is 14.6 Å². The number of piperidine rings is 1. The fraction of sp³-hybridized carbons (Fsp3) is 0.435. The van der Waals surface area contributed by atoms with Crippen molar-refractivity contribution >= 4 is 17.2 Å². The average Bonchev–Trinajstić information content (AvgIpc) is 2.99. The zero-order chi connectivity index (χ0) is 19.8. The van der Waals surface area contributed by atoms with Gasteiger partial charge in [0.15, 0.2) is 0 Å². The van der Waals surface area contributed by atoms with Crippen molar-refractivity contribution in [1.82, 2.24) is 10.2 Å². The molecule has 0 bridgehead atoms. The second-order valence-corrected chi connectivity index (χ2v) is 6.68. The molecule has 4 heteroatoms. The van der Waals surface area contributed by atoms with Crippen LogP contribution in [0.2, 0.25) is 0 Å². The molecule has 1 aromatic rings. The highest BCUT2D eigenvalue weighted by molar-refractivity contribution is 6.32. The number of nitrogens with one attached hydrogen (secondary N) is 1. The van der Waals surface area contributed by atoms with Gasteiger partial charge in [-0.1, -0.05) is 51.1 Å². The molecule has 146 valence electrons. The van der Waals surface area contributed by atoms with Gasteiger partial charge in [0.05, 0.1) is 17.9 Å². The number of fused-ring (bicyclic) bond motifs is 1. The van der Waals surface area contributed by atoms with E-state index in [1.807, 2.05) is 63.1 Å². The summed E-state index contributed by atoms with van der Waals surface area (Å²) in [5.41, 5.74) is 4.71. The molecule has 3 rings (SSSR count). The van der Waals surface area contributed by atoms with E-state index in [-0.39, 0.29) is 5.91 Å².